The Kier molecular flexibility index (Phi) is 8.38. The van der Waals surface area contributed by atoms with Gasteiger partial charge in [0.15, 0.2) is 0 Å². The van der Waals surface area contributed by atoms with Crippen molar-refractivity contribution in [2.75, 3.05) is 0 Å². The van der Waals surface area contributed by atoms with Crippen LogP contribution in [-0.4, -0.2) is 29.1 Å². The molecule has 0 spiro atoms. The van der Waals surface area contributed by atoms with Crippen LogP contribution >= 0.6 is 0 Å². The third kappa shape index (κ3) is 6.04. The van der Waals surface area contributed by atoms with E-state index in [0.717, 1.165) is 67.9 Å². The molecule has 0 radical (unpaired) electrons. The SMILES string of the molecule is c1ccc(-c2ccc3c(c2)c2cc(-c4ccccc4)ccc2n3-c2cccc(-c3cccc(-c4cccc(-c5cccc(-n6c7ccccc7c7ccccc76)n5)n4)n3)n2)cc1. The van der Waals surface area contributed by atoms with Gasteiger partial charge < -0.3 is 0 Å². The summed E-state index contributed by atoms with van der Waals surface area (Å²) in [4.78, 5) is 20.7. The number of nitrogens with zero attached hydrogens (tertiary/aromatic N) is 6. The van der Waals surface area contributed by atoms with Crippen LogP contribution in [0.5, 0.6) is 0 Å². The van der Waals surface area contributed by atoms with Crippen LogP contribution in [0.4, 0.5) is 0 Å². The fourth-order valence-corrected chi connectivity index (χ4v) is 8.88. The van der Waals surface area contributed by atoms with E-state index in [4.69, 9.17) is 19.9 Å². The number of hydrogen-bond donors (Lipinski definition) is 0. The van der Waals surface area contributed by atoms with Gasteiger partial charge in [0.25, 0.3) is 0 Å². The van der Waals surface area contributed by atoms with Crippen LogP contribution < -0.4 is 0 Å². The summed E-state index contributed by atoms with van der Waals surface area (Å²) in [5.74, 6) is 1.67. The number of rotatable bonds is 7. The molecule has 0 unspecified atom stereocenters. The third-order valence-electron chi connectivity index (χ3n) is 11.8. The number of benzene rings is 6. The van der Waals surface area contributed by atoms with Crippen molar-refractivity contribution >= 4 is 43.6 Å². The fraction of sp³-hybridized carbons (Fsp3) is 0. The molecule has 6 aromatic carbocycles. The number of fused-ring (bicyclic) bond motifs is 6. The second-order valence-corrected chi connectivity index (χ2v) is 15.5. The molecule has 6 aromatic heterocycles. The van der Waals surface area contributed by atoms with Gasteiger partial charge in [-0.3, -0.25) is 9.13 Å². The minimum Gasteiger partial charge on any atom is -0.294 e. The van der Waals surface area contributed by atoms with E-state index < -0.39 is 0 Å². The van der Waals surface area contributed by atoms with Gasteiger partial charge in [-0.05, 0) is 107 Å². The summed E-state index contributed by atoms with van der Waals surface area (Å²) in [6.07, 6.45) is 0. The smallest absolute Gasteiger partial charge is 0.138 e. The minimum absolute atomic E-state index is 0.758. The molecule has 0 bridgehead atoms. The molecular formula is C56H36N6. The van der Waals surface area contributed by atoms with Crippen molar-refractivity contribution in [3.05, 3.63) is 218 Å². The zero-order valence-corrected chi connectivity index (χ0v) is 33.5. The summed E-state index contributed by atoms with van der Waals surface area (Å²) in [6, 6.07) is 75.9. The molecule has 12 rings (SSSR count). The molecule has 6 nitrogen and oxygen atoms in total. The highest BCUT2D eigenvalue weighted by Crippen LogP contribution is 2.38. The highest BCUT2D eigenvalue weighted by molar-refractivity contribution is 6.12. The first kappa shape index (κ1) is 35.5. The molecule has 0 aliphatic rings. The van der Waals surface area contributed by atoms with Crippen molar-refractivity contribution in [3.8, 4) is 68.1 Å². The molecule has 6 heteroatoms. The summed E-state index contributed by atoms with van der Waals surface area (Å²) in [5, 5.41) is 4.75. The Morgan fingerprint density at radius 1 is 0.226 bits per heavy atom. The van der Waals surface area contributed by atoms with Crippen LogP contribution in [0.2, 0.25) is 0 Å². The number of pyridine rings is 4. The van der Waals surface area contributed by atoms with Crippen LogP contribution in [0.25, 0.3) is 112 Å². The average Bonchev–Trinajstić information content (AvgIpc) is 3.87. The first-order chi connectivity index (χ1) is 30.7. The van der Waals surface area contributed by atoms with Crippen molar-refractivity contribution in [1.29, 1.82) is 0 Å². The monoisotopic (exact) mass is 792 g/mol. The van der Waals surface area contributed by atoms with Crippen LogP contribution in [0.1, 0.15) is 0 Å². The van der Waals surface area contributed by atoms with Crippen LogP contribution in [0, 0.1) is 0 Å². The van der Waals surface area contributed by atoms with Crippen LogP contribution in [0.3, 0.4) is 0 Å². The Balaban J connectivity index is 0.921. The third-order valence-corrected chi connectivity index (χ3v) is 11.8. The maximum absolute atomic E-state index is 5.29. The fourth-order valence-electron chi connectivity index (χ4n) is 8.88. The van der Waals surface area contributed by atoms with Gasteiger partial charge in [-0.2, -0.15) is 0 Å². The number of aromatic nitrogens is 6. The molecule has 290 valence electrons. The lowest BCUT2D eigenvalue weighted by Crippen LogP contribution is -2.00. The Morgan fingerprint density at radius 2 is 0.565 bits per heavy atom. The predicted octanol–water partition coefficient (Wildman–Crippen LogP) is 13.8. The van der Waals surface area contributed by atoms with Crippen molar-refractivity contribution in [1.82, 2.24) is 29.1 Å². The zero-order chi connectivity index (χ0) is 41.0. The maximum Gasteiger partial charge on any atom is 0.138 e. The molecule has 6 heterocycles. The molecule has 0 fully saturated rings. The lowest BCUT2D eigenvalue weighted by molar-refractivity contribution is 1.07. The van der Waals surface area contributed by atoms with E-state index in [-0.39, 0.29) is 0 Å². The summed E-state index contributed by atoms with van der Waals surface area (Å²) in [5.41, 5.74) is 13.8. The van der Waals surface area contributed by atoms with E-state index in [1.807, 2.05) is 48.5 Å². The van der Waals surface area contributed by atoms with Crippen molar-refractivity contribution < 1.29 is 0 Å². The highest BCUT2D eigenvalue weighted by atomic mass is 15.1. The van der Waals surface area contributed by atoms with Crippen LogP contribution in [-0.2, 0) is 0 Å². The van der Waals surface area contributed by atoms with E-state index in [9.17, 15) is 0 Å². The normalized spacial score (nSPS) is 11.5. The number of hydrogen-bond acceptors (Lipinski definition) is 4. The first-order valence-electron chi connectivity index (χ1n) is 20.8. The van der Waals surface area contributed by atoms with Gasteiger partial charge in [-0.25, -0.2) is 19.9 Å². The van der Waals surface area contributed by atoms with Gasteiger partial charge in [0.05, 0.1) is 56.2 Å². The van der Waals surface area contributed by atoms with E-state index in [0.29, 0.717) is 0 Å². The molecule has 0 atom stereocenters. The van der Waals surface area contributed by atoms with Gasteiger partial charge in [0.1, 0.15) is 11.6 Å². The predicted molar refractivity (Wildman–Crippen MR) is 253 cm³/mol. The number of para-hydroxylation sites is 2. The van der Waals surface area contributed by atoms with Crippen LogP contribution in [0.15, 0.2) is 218 Å². The molecule has 0 amide bonds. The molecule has 0 N–H and O–H groups in total. The van der Waals surface area contributed by atoms with E-state index in [1.54, 1.807) is 0 Å². The average molecular weight is 793 g/mol. The quantitative estimate of drug-likeness (QED) is 0.161. The Morgan fingerprint density at radius 3 is 0.984 bits per heavy atom. The summed E-state index contributed by atoms with van der Waals surface area (Å²) in [6.45, 7) is 0. The lowest BCUT2D eigenvalue weighted by Gasteiger charge is -2.11. The molecule has 62 heavy (non-hydrogen) atoms. The Labute approximate surface area is 357 Å². The summed E-state index contributed by atoms with van der Waals surface area (Å²) >= 11 is 0. The van der Waals surface area contributed by atoms with Gasteiger partial charge in [0.2, 0.25) is 0 Å². The molecule has 0 aliphatic heterocycles. The van der Waals surface area contributed by atoms with Gasteiger partial charge in [0, 0.05) is 21.5 Å². The largest absolute Gasteiger partial charge is 0.294 e. The van der Waals surface area contributed by atoms with Crippen molar-refractivity contribution in [2.24, 2.45) is 0 Å². The summed E-state index contributed by atoms with van der Waals surface area (Å²) < 4.78 is 4.50. The second kappa shape index (κ2) is 14.7. The Hall–Kier alpha value is -8.48. The lowest BCUT2D eigenvalue weighted by atomic mass is 10.0. The molecule has 0 aliphatic carbocycles. The molecular weight excluding hydrogens is 757 g/mol. The second-order valence-electron chi connectivity index (χ2n) is 15.5. The molecule has 0 saturated heterocycles. The molecule has 0 saturated carbocycles. The topological polar surface area (TPSA) is 61.4 Å². The van der Waals surface area contributed by atoms with Gasteiger partial charge in [-0.15, -0.1) is 0 Å². The summed E-state index contributed by atoms with van der Waals surface area (Å²) in [7, 11) is 0. The maximum atomic E-state index is 5.29. The van der Waals surface area contributed by atoms with Gasteiger partial charge in [-0.1, -0.05) is 133 Å². The van der Waals surface area contributed by atoms with Crippen molar-refractivity contribution in [2.45, 2.75) is 0 Å². The first-order valence-corrected chi connectivity index (χ1v) is 20.8. The minimum atomic E-state index is 0.758. The van der Waals surface area contributed by atoms with E-state index in [1.165, 1.54) is 43.8 Å². The molecule has 12 aromatic rings. The van der Waals surface area contributed by atoms with E-state index >= 15 is 0 Å². The van der Waals surface area contributed by atoms with Crippen molar-refractivity contribution in [3.63, 3.8) is 0 Å². The van der Waals surface area contributed by atoms with E-state index in [2.05, 4.69) is 179 Å². The Bertz CT molecular complexity index is 3490. The highest BCUT2D eigenvalue weighted by Gasteiger charge is 2.18. The standard InChI is InChI=1S/C56H36N6/c1-3-15-37(16-4-1)39-31-33-53-43(35-39)44-36-40(38-17-5-2-6-18-38)32-34-54(44)62(53)56-30-14-26-50(60-56)48-24-12-22-46(58-48)45-21-11-23-47(57-45)49-25-13-29-55(59-49)61-51-27-9-7-19-41(51)42-20-8-10-28-52(42)61/h1-36H. The zero-order valence-electron chi connectivity index (χ0n) is 33.5. The van der Waals surface area contributed by atoms with Gasteiger partial charge >= 0.3 is 0 Å².